The predicted molar refractivity (Wildman–Crippen MR) is 129 cm³/mol. The van der Waals surface area contributed by atoms with E-state index in [0.717, 1.165) is 12.0 Å². The van der Waals surface area contributed by atoms with Gasteiger partial charge in [0.2, 0.25) is 15.9 Å². The molecule has 2 heterocycles. The summed E-state index contributed by atoms with van der Waals surface area (Å²) < 4.78 is 39.1. The number of nitrogens with one attached hydrogen (secondary N) is 1. The van der Waals surface area contributed by atoms with E-state index in [1.807, 2.05) is 32.3 Å². The highest BCUT2D eigenvalue weighted by Crippen LogP contribution is 2.33. The van der Waals surface area contributed by atoms with E-state index in [9.17, 15) is 13.2 Å². The summed E-state index contributed by atoms with van der Waals surface area (Å²) in [5, 5.41) is 3.08. The molecule has 0 aliphatic carbocycles. The summed E-state index contributed by atoms with van der Waals surface area (Å²) in [4.78, 5) is 15.1. The van der Waals surface area contributed by atoms with Crippen LogP contribution in [0.2, 0.25) is 0 Å². The summed E-state index contributed by atoms with van der Waals surface area (Å²) in [6, 6.07) is 14.9. The van der Waals surface area contributed by atoms with Gasteiger partial charge in [-0.1, -0.05) is 30.3 Å². The number of carbonyl (C=O) groups excluding carboxylic acids is 1. The van der Waals surface area contributed by atoms with Gasteiger partial charge in [0, 0.05) is 38.0 Å². The fourth-order valence-electron chi connectivity index (χ4n) is 4.43. The van der Waals surface area contributed by atoms with Crippen molar-refractivity contribution in [1.82, 2.24) is 14.5 Å². The number of fused-ring (bicyclic) bond motifs is 1. The van der Waals surface area contributed by atoms with E-state index in [1.165, 1.54) is 4.31 Å². The first kappa shape index (κ1) is 24.5. The van der Waals surface area contributed by atoms with Crippen LogP contribution in [-0.2, 0) is 14.8 Å². The third-order valence-corrected chi connectivity index (χ3v) is 8.35. The van der Waals surface area contributed by atoms with Gasteiger partial charge < -0.3 is 19.7 Å². The highest BCUT2D eigenvalue weighted by Gasteiger charge is 2.33. The van der Waals surface area contributed by atoms with Crippen LogP contribution in [0.25, 0.3) is 0 Å². The Balaban J connectivity index is 1.34. The van der Waals surface area contributed by atoms with Gasteiger partial charge in [-0.05, 0) is 44.6 Å². The van der Waals surface area contributed by atoms with E-state index in [-0.39, 0.29) is 22.8 Å². The second-order valence-electron chi connectivity index (χ2n) is 8.97. The lowest BCUT2D eigenvalue weighted by Gasteiger charge is -2.31. The third-order valence-electron chi connectivity index (χ3n) is 6.46. The SMILES string of the molecule is CN(C)[C@H](CNC(=O)C1CCN(S(=O)(=O)c2ccc3c(c2)OCCCO3)CC1)c1ccccc1. The van der Waals surface area contributed by atoms with Crippen molar-refractivity contribution in [2.75, 3.05) is 46.9 Å². The van der Waals surface area contributed by atoms with Crippen molar-refractivity contribution in [3.8, 4) is 11.5 Å². The number of ether oxygens (including phenoxy) is 2. The highest BCUT2D eigenvalue weighted by molar-refractivity contribution is 7.89. The molecule has 9 heteroatoms. The molecule has 34 heavy (non-hydrogen) atoms. The van der Waals surface area contributed by atoms with Gasteiger partial charge in [-0.25, -0.2) is 8.42 Å². The zero-order chi connectivity index (χ0) is 24.1. The molecule has 0 aromatic heterocycles. The van der Waals surface area contributed by atoms with Crippen molar-refractivity contribution in [2.45, 2.75) is 30.2 Å². The van der Waals surface area contributed by atoms with Gasteiger partial charge in [0.25, 0.3) is 0 Å². The number of nitrogens with zero attached hydrogens (tertiary/aromatic N) is 2. The Hall–Kier alpha value is -2.62. The highest BCUT2D eigenvalue weighted by atomic mass is 32.2. The van der Waals surface area contributed by atoms with Crippen LogP contribution in [0.4, 0.5) is 0 Å². The van der Waals surface area contributed by atoms with Crippen molar-refractivity contribution in [1.29, 1.82) is 0 Å². The minimum atomic E-state index is -3.67. The zero-order valence-corrected chi connectivity index (χ0v) is 20.6. The summed E-state index contributed by atoms with van der Waals surface area (Å²) in [6.45, 7) is 2.17. The smallest absolute Gasteiger partial charge is 0.243 e. The molecule has 1 saturated heterocycles. The van der Waals surface area contributed by atoms with Gasteiger partial charge in [-0.3, -0.25) is 4.79 Å². The van der Waals surface area contributed by atoms with Gasteiger partial charge in [0.1, 0.15) is 0 Å². The molecule has 0 spiro atoms. The van der Waals surface area contributed by atoms with E-state index in [1.54, 1.807) is 18.2 Å². The van der Waals surface area contributed by atoms with Crippen molar-refractivity contribution in [3.05, 3.63) is 54.1 Å². The van der Waals surface area contributed by atoms with E-state index < -0.39 is 10.0 Å². The number of sulfonamides is 1. The topological polar surface area (TPSA) is 88.2 Å². The molecule has 0 unspecified atom stereocenters. The second kappa shape index (κ2) is 10.8. The van der Waals surface area contributed by atoms with Crippen LogP contribution >= 0.6 is 0 Å². The van der Waals surface area contributed by atoms with Crippen molar-refractivity contribution in [3.63, 3.8) is 0 Å². The van der Waals surface area contributed by atoms with Crippen LogP contribution in [0.5, 0.6) is 11.5 Å². The zero-order valence-electron chi connectivity index (χ0n) is 19.8. The maximum atomic E-state index is 13.2. The molecule has 4 rings (SSSR count). The molecule has 0 radical (unpaired) electrons. The standard InChI is InChI=1S/C25H33N3O5S/c1-27(2)22(19-7-4-3-5-8-19)18-26-25(29)20-11-13-28(14-12-20)34(30,31)21-9-10-23-24(17-21)33-16-6-15-32-23/h3-5,7-10,17,20,22H,6,11-16,18H2,1-2H3,(H,26,29)/t22-/m1/s1. The third kappa shape index (κ3) is 5.54. The van der Waals surface area contributed by atoms with Crippen molar-refractivity contribution in [2.24, 2.45) is 5.92 Å². The quantitative estimate of drug-likeness (QED) is 0.646. The molecule has 2 aromatic carbocycles. The van der Waals surface area contributed by atoms with Gasteiger partial charge in [-0.15, -0.1) is 0 Å². The van der Waals surface area contributed by atoms with Gasteiger partial charge in [-0.2, -0.15) is 4.31 Å². The molecular weight excluding hydrogens is 454 g/mol. The van der Waals surface area contributed by atoms with Crippen LogP contribution in [0.15, 0.2) is 53.4 Å². The molecule has 2 aliphatic heterocycles. The van der Waals surface area contributed by atoms with Crippen LogP contribution in [0.3, 0.4) is 0 Å². The van der Waals surface area contributed by atoms with Gasteiger partial charge >= 0.3 is 0 Å². The van der Waals surface area contributed by atoms with Gasteiger partial charge in [0.05, 0.1) is 24.2 Å². The first-order chi connectivity index (χ1) is 16.4. The normalized spacial score (nSPS) is 18.3. The first-order valence-corrected chi connectivity index (χ1v) is 13.2. The maximum absolute atomic E-state index is 13.2. The minimum absolute atomic E-state index is 0.0181. The number of rotatable bonds is 7. The lowest BCUT2D eigenvalue weighted by Crippen LogP contribution is -2.44. The van der Waals surface area contributed by atoms with E-state index in [4.69, 9.17) is 9.47 Å². The summed E-state index contributed by atoms with van der Waals surface area (Å²) >= 11 is 0. The Labute approximate surface area is 201 Å². The lowest BCUT2D eigenvalue weighted by molar-refractivity contribution is -0.126. The number of piperidine rings is 1. The minimum Gasteiger partial charge on any atom is -0.490 e. The van der Waals surface area contributed by atoms with Crippen molar-refractivity contribution >= 4 is 15.9 Å². The molecule has 0 bridgehead atoms. The maximum Gasteiger partial charge on any atom is 0.243 e. The predicted octanol–water partition coefficient (Wildman–Crippen LogP) is 2.67. The summed E-state index contributed by atoms with van der Waals surface area (Å²) in [5.74, 6) is 0.810. The molecule has 2 aliphatic rings. The van der Waals surface area contributed by atoms with Crippen LogP contribution in [0.1, 0.15) is 30.9 Å². The average Bonchev–Trinajstić information content (AvgIpc) is 3.09. The van der Waals surface area contributed by atoms with E-state index in [2.05, 4.69) is 22.3 Å². The summed E-state index contributed by atoms with van der Waals surface area (Å²) in [7, 11) is 0.316. The van der Waals surface area contributed by atoms with Crippen LogP contribution in [0, 0.1) is 5.92 Å². The number of hydrogen-bond acceptors (Lipinski definition) is 6. The van der Waals surface area contributed by atoms with Crippen molar-refractivity contribution < 1.29 is 22.7 Å². The lowest BCUT2D eigenvalue weighted by atomic mass is 9.97. The molecule has 1 amide bonds. The Morgan fingerprint density at radius 1 is 1.06 bits per heavy atom. The monoisotopic (exact) mass is 487 g/mol. The molecule has 2 aromatic rings. The van der Waals surface area contributed by atoms with Gasteiger partial charge in [0.15, 0.2) is 11.5 Å². The molecule has 1 N–H and O–H groups in total. The molecule has 1 fully saturated rings. The molecule has 8 nitrogen and oxygen atoms in total. The Morgan fingerprint density at radius 3 is 2.41 bits per heavy atom. The number of hydrogen-bond donors (Lipinski definition) is 1. The van der Waals surface area contributed by atoms with E-state index >= 15 is 0 Å². The number of carbonyl (C=O) groups is 1. The number of amides is 1. The number of benzene rings is 2. The number of likely N-dealkylation sites (N-methyl/N-ethyl adjacent to an activating group) is 1. The Kier molecular flexibility index (Phi) is 7.75. The van der Waals surface area contributed by atoms with Crippen LogP contribution in [-0.4, -0.2) is 70.5 Å². The molecule has 0 saturated carbocycles. The summed E-state index contributed by atoms with van der Waals surface area (Å²) in [5.41, 5.74) is 1.14. The molecule has 184 valence electrons. The molecular formula is C25H33N3O5S. The fraction of sp³-hybridized carbons (Fsp3) is 0.480. The first-order valence-electron chi connectivity index (χ1n) is 11.7. The Morgan fingerprint density at radius 2 is 1.74 bits per heavy atom. The summed E-state index contributed by atoms with van der Waals surface area (Å²) in [6.07, 6.45) is 1.74. The second-order valence-corrected chi connectivity index (χ2v) is 10.9. The largest absolute Gasteiger partial charge is 0.490 e. The Bertz CT molecular complexity index is 1080. The average molecular weight is 488 g/mol. The fourth-order valence-corrected chi connectivity index (χ4v) is 5.91. The van der Waals surface area contributed by atoms with Crippen LogP contribution < -0.4 is 14.8 Å². The van der Waals surface area contributed by atoms with E-state index in [0.29, 0.717) is 57.2 Å². The molecule has 1 atom stereocenters.